The van der Waals surface area contributed by atoms with Gasteiger partial charge in [0.15, 0.2) is 0 Å². The van der Waals surface area contributed by atoms with Gasteiger partial charge in [-0.3, -0.25) is 4.72 Å². The van der Waals surface area contributed by atoms with Crippen LogP contribution in [-0.4, -0.2) is 14.4 Å². The molecular weight excluding hydrogens is 406 g/mol. The highest BCUT2D eigenvalue weighted by atomic mass is 32.2. The van der Waals surface area contributed by atoms with E-state index < -0.39 is 16.0 Å². The summed E-state index contributed by atoms with van der Waals surface area (Å²) in [5.74, 6) is -1.41. The van der Waals surface area contributed by atoms with Crippen molar-refractivity contribution in [3.05, 3.63) is 82.9 Å². The number of carbonyl (C=O) groups is 1. The summed E-state index contributed by atoms with van der Waals surface area (Å²) >= 11 is 1.60. The second-order valence-electron chi connectivity index (χ2n) is 6.77. The Hall–Kier alpha value is -2.77. The number of sulfonamides is 1. The third kappa shape index (κ3) is 4.99. The number of benzene rings is 3. The maximum atomic E-state index is 12.6. The molecule has 0 saturated carbocycles. The molecule has 150 valence electrons. The third-order valence-corrected chi connectivity index (χ3v) is 6.97. The zero-order valence-corrected chi connectivity index (χ0v) is 17.9. The number of anilines is 1. The topological polar surface area (TPSA) is 86.3 Å². The number of nitrogens with one attached hydrogen (secondary N) is 1. The molecule has 0 aliphatic carbocycles. The number of rotatable bonds is 6. The van der Waals surface area contributed by atoms with Crippen LogP contribution in [0.1, 0.15) is 27.0 Å². The van der Waals surface area contributed by atoms with Crippen LogP contribution < -0.4 is 9.83 Å². The Kier molecular flexibility index (Phi) is 6.00. The van der Waals surface area contributed by atoms with Crippen molar-refractivity contribution in [2.24, 2.45) is 0 Å². The largest absolute Gasteiger partial charge is 0.545 e. The van der Waals surface area contributed by atoms with Crippen molar-refractivity contribution in [3.63, 3.8) is 0 Å². The molecule has 3 aromatic carbocycles. The van der Waals surface area contributed by atoms with Gasteiger partial charge >= 0.3 is 0 Å². The molecule has 0 fully saturated rings. The predicted octanol–water partition coefficient (Wildman–Crippen LogP) is 3.93. The summed E-state index contributed by atoms with van der Waals surface area (Å²) in [6.07, 6.45) is 0. The molecule has 0 unspecified atom stereocenters. The van der Waals surface area contributed by atoms with Gasteiger partial charge in [0.05, 0.1) is 10.9 Å². The molecule has 0 aliphatic heterocycles. The van der Waals surface area contributed by atoms with Gasteiger partial charge in [-0.1, -0.05) is 35.5 Å². The quantitative estimate of drug-likeness (QED) is 0.645. The SMILES string of the molecule is Cc1ccc(Sc2ccc(NS(=O)(=O)c3ccc(C)c(C(=O)[O-])c3)cc2)c(C)c1. The van der Waals surface area contributed by atoms with Crippen LogP contribution in [0.4, 0.5) is 5.69 Å². The van der Waals surface area contributed by atoms with Crippen LogP contribution in [0.2, 0.25) is 0 Å². The summed E-state index contributed by atoms with van der Waals surface area (Å²) in [7, 11) is -3.92. The van der Waals surface area contributed by atoms with Crippen molar-refractivity contribution in [2.75, 3.05) is 4.72 Å². The first-order valence-electron chi connectivity index (χ1n) is 8.86. The lowest BCUT2D eigenvalue weighted by atomic mass is 10.1. The van der Waals surface area contributed by atoms with Gasteiger partial charge in [0.1, 0.15) is 0 Å². The van der Waals surface area contributed by atoms with Crippen molar-refractivity contribution in [1.29, 1.82) is 0 Å². The van der Waals surface area contributed by atoms with Crippen LogP contribution in [-0.2, 0) is 10.0 Å². The lowest BCUT2D eigenvalue weighted by Crippen LogP contribution is -2.24. The first kappa shape index (κ1) is 21.0. The Labute approximate surface area is 174 Å². The smallest absolute Gasteiger partial charge is 0.261 e. The van der Waals surface area contributed by atoms with E-state index in [2.05, 4.69) is 29.8 Å². The minimum Gasteiger partial charge on any atom is -0.545 e. The molecular formula is C22H20NO4S2-. The summed E-state index contributed by atoms with van der Waals surface area (Å²) in [6, 6.07) is 17.2. The maximum absolute atomic E-state index is 12.6. The number of carbonyl (C=O) groups excluding carboxylic acids is 1. The van der Waals surface area contributed by atoms with Crippen molar-refractivity contribution in [1.82, 2.24) is 0 Å². The first-order chi connectivity index (χ1) is 13.7. The molecule has 0 spiro atoms. The van der Waals surface area contributed by atoms with E-state index in [1.54, 1.807) is 30.8 Å². The zero-order valence-electron chi connectivity index (χ0n) is 16.2. The van der Waals surface area contributed by atoms with Crippen molar-refractivity contribution >= 4 is 33.4 Å². The second kappa shape index (κ2) is 8.31. The number of hydrogen-bond acceptors (Lipinski definition) is 5. The Morgan fingerprint density at radius 3 is 2.21 bits per heavy atom. The Bertz CT molecular complexity index is 1170. The lowest BCUT2D eigenvalue weighted by molar-refractivity contribution is -0.255. The van der Waals surface area contributed by atoms with E-state index in [0.29, 0.717) is 11.3 Å². The summed E-state index contributed by atoms with van der Waals surface area (Å²) < 4.78 is 27.7. The van der Waals surface area contributed by atoms with E-state index in [1.807, 2.05) is 19.1 Å². The molecule has 0 bridgehead atoms. The molecule has 0 aliphatic rings. The normalized spacial score (nSPS) is 11.3. The number of hydrogen-bond donors (Lipinski definition) is 1. The second-order valence-corrected chi connectivity index (χ2v) is 9.56. The van der Waals surface area contributed by atoms with Gasteiger partial charge in [-0.05, 0) is 74.4 Å². The molecule has 0 atom stereocenters. The molecule has 5 nitrogen and oxygen atoms in total. The Morgan fingerprint density at radius 1 is 0.897 bits per heavy atom. The van der Waals surface area contributed by atoms with Gasteiger partial charge in [0, 0.05) is 21.0 Å². The molecule has 0 aromatic heterocycles. The monoisotopic (exact) mass is 426 g/mol. The summed E-state index contributed by atoms with van der Waals surface area (Å²) in [4.78, 5) is 13.2. The van der Waals surface area contributed by atoms with E-state index in [-0.39, 0.29) is 10.5 Å². The van der Waals surface area contributed by atoms with Gasteiger partial charge in [0.25, 0.3) is 10.0 Å². The fraction of sp³-hybridized carbons (Fsp3) is 0.136. The number of carboxylic acid groups (broad SMARTS) is 1. The van der Waals surface area contributed by atoms with Gasteiger partial charge in [-0.25, -0.2) is 8.42 Å². The van der Waals surface area contributed by atoms with Gasteiger partial charge in [-0.2, -0.15) is 0 Å². The molecule has 1 N–H and O–H groups in total. The van der Waals surface area contributed by atoms with E-state index >= 15 is 0 Å². The Balaban J connectivity index is 1.78. The Morgan fingerprint density at radius 2 is 1.59 bits per heavy atom. The molecule has 29 heavy (non-hydrogen) atoms. The standard InChI is InChI=1S/C22H21NO4S2/c1-14-4-11-21(16(3)12-14)28-18-8-6-17(7-9-18)23-29(26,27)19-10-5-15(2)20(13-19)22(24)25/h4-13,23H,1-3H3,(H,24,25)/p-1. The molecule has 0 amide bonds. The van der Waals surface area contributed by atoms with Crippen molar-refractivity contribution < 1.29 is 18.3 Å². The highest BCUT2D eigenvalue weighted by molar-refractivity contribution is 7.99. The fourth-order valence-electron chi connectivity index (χ4n) is 2.83. The van der Waals surface area contributed by atoms with Crippen LogP contribution in [0, 0.1) is 20.8 Å². The van der Waals surface area contributed by atoms with Crippen LogP contribution in [0.5, 0.6) is 0 Å². The molecule has 0 radical (unpaired) electrons. The molecule has 0 heterocycles. The van der Waals surface area contributed by atoms with Crippen LogP contribution in [0.25, 0.3) is 0 Å². The fourth-order valence-corrected chi connectivity index (χ4v) is 4.80. The average molecular weight is 427 g/mol. The predicted molar refractivity (Wildman–Crippen MR) is 113 cm³/mol. The van der Waals surface area contributed by atoms with Gasteiger partial charge in [-0.15, -0.1) is 0 Å². The minimum absolute atomic E-state index is 0.129. The van der Waals surface area contributed by atoms with E-state index in [9.17, 15) is 18.3 Å². The number of aromatic carboxylic acids is 1. The first-order valence-corrected chi connectivity index (χ1v) is 11.2. The summed E-state index contributed by atoms with van der Waals surface area (Å²) in [5.41, 5.74) is 3.08. The maximum Gasteiger partial charge on any atom is 0.261 e. The summed E-state index contributed by atoms with van der Waals surface area (Å²) in [6.45, 7) is 5.69. The third-order valence-electron chi connectivity index (χ3n) is 4.40. The molecule has 0 saturated heterocycles. The minimum atomic E-state index is -3.92. The van der Waals surface area contributed by atoms with E-state index in [4.69, 9.17) is 0 Å². The van der Waals surface area contributed by atoms with Gasteiger partial charge < -0.3 is 9.90 Å². The zero-order chi connectivity index (χ0) is 21.2. The van der Waals surface area contributed by atoms with Crippen LogP contribution >= 0.6 is 11.8 Å². The summed E-state index contributed by atoms with van der Waals surface area (Å²) in [5, 5.41) is 11.2. The highest BCUT2D eigenvalue weighted by Crippen LogP contribution is 2.31. The van der Waals surface area contributed by atoms with Crippen LogP contribution in [0.3, 0.4) is 0 Å². The molecule has 7 heteroatoms. The highest BCUT2D eigenvalue weighted by Gasteiger charge is 2.16. The van der Waals surface area contributed by atoms with Crippen molar-refractivity contribution in [2.45, 2.75) is 35.5 Å². The average Bonchev–Trinajstić information content (AvgIpc) is 2.65. The molecule has 3 rings (SSSR count). The van der Waals surface area contributed by atoms with Crippen LogP contribution in [0.15, 0.2) is 75.4 Å². The molecule has 3 aromatic rings. The lowest BCUT2D eigenvalue weighted by Gasteiger charge is -2.12. The number of carboxylic acids is 1. The van der Waals surface area contributed by atoms with Crippen molar-refractivity contribution in [3.8, 4) is 0 Å². The van der Waals surface area contributed by atoms with E-state index in [0.717, 1.165) is 15.9 Å². The number of aryl methyl sites for hydroxylation is 3. The van der Waals surface area contributed by atoms with Gasteiger partial charge in [0.2, 0.25) is 0 Å². The van der Waals surface area contributed by atoms with E-state index in [1.165, 1.54) is 23.3 Å².